The molecule has 1 heterocycles. The Hall–Kier alpha value is -0.830. The Morgan fingerprint density at radius 2 is 2.38 bits per heavy atom. The van der Waals surface area contributed by atoms with Crippen LogP contribution in [0.2, 0.25) is 0 Å². The van der Waals surface area contributed by atoms with Gasteiger partial charge in [-0.05, 0) is 25.3 Å². The lowest BCUT2D eigenvalue weighted by atomic mass is 9.81. The van der Waals surface area contributed by atoms with Crippen molar-refractivity contribution in [2.75, 3.05) is 13.6 Å². The number of aromatic nitrogens is 1. The Bertz CT molecular complexity index is 343. The summed E-state index contributed by atoms with van der Waals surface area (Å²) in [6.45, 7) is 5.59. The maximum absolute atomic E-state index is 5.85. The number of oxazole rings is 1. The first kappa shape index (κ1) is 11.6. The molecule has 0 amide bonds. The number of rotatable bonds is 4. The third kappa shape index (κ3) is 2.29. The smallest absolute Gasteiger partial charge is 0.195 e. The summed E-state index contributed by atoms with van der Waals surface area (Å²) in [6.07, 6.45) is 6.66. The zero-order valence-electron chi connectivity index (χ0n) is 10.5. The van der Waals surface area contributed by atoms with Gasteiger partial charge in [0.15, 0.2) is 5.89 Å². The van der Waals surface area contributed by atoms with Gasteiger partial charge in [-0.15, -0.1) is 0 Å². The van der Waals surface area contributed by atoms with Crippen LogP contribution in [0.15, 0.2) is 10.6 Å². The van der Waals surface area contributed by atoms with Crippen LogP contribution in [-0.4, -0.2) is 18.6 Å². The summed E-state index contributed by atoms with van der Waals surface area (Å²) in [4.78, 5) is 4.36. The first-order valence-electron chi connectivity index (χ1n) is 6.22. The third-order valence-electron chi connectivity index (χ3n) is 3.76. The van der Waals surface area contributed by atoms with Crippen LogP contribution in [0.4, 0.5) is 0 Å². The fourth-order valence-corrected chi connectivity index (χ4v) is 2.69. The summed E-state index contributed by atoms with van der Waals surface area (Å²) in [5.74, 6) is 2.52. The highest BCUT2D eigenvalue weighted by Gasteiger charge is 2.37. The molecule has 1 aromatic rings. The summed E-state index contributed by atoms with van der Waals surface area (Å²) < 4.78 is 5.85. The Labute approximate surface area is 97.6 Å². The fourth-order valence-electron chi connectivity index (χ4n) is 2.69. The van der Waals surface area contributed by atoms with Gasteiger partial charge in [-0.3, -0.25) is 0 Å². The quantitative estimate of drug-likeness (QED) is 0.851. The highest BCUT2D eigenvalue weighted by Crippen LogP contribution is 2.48. The number of hydrogen-bond acceptors (Lipinski definition) is 3. The van der Waals surface area contributed by atoms with Gasteiger partial charge < -0.3 is 9.73 Å². The SMILES string of the molecule is CNCCc1ncc(C2CCCC2(C)C)o1. The molecule has 1 saturated carbocycles. The van der Waals surface area contributed by atoms with Crippen molar-refractivity contribution in [3.8, 4) is 0 Å². The lowest BCUT2D eigenvalue weighted by Crippen LogP contribution is -2.14. The molecular formula is C13H22N2O. The highest BCUT2D eigenvalue weighted by atomic mass is 16.4. The monoisotopic (exact) mass is 222 g/mol. The summed E-state index contributed by atoms with van der Waals surface area (Å²) in [7, 11) is 1.95. The van der Waals surface area contributed by atoms with Gasteiger partial charge in [-0.2, -0.15) is 0 Å². The molecule has 90 valence electrons. The van der Waals surface area contributed by atoms with E-state index in [9.17, 15) is 0 Å². The Balaban J connectivity index is 2.06. The lowest BCUT2D eigenvalue weighted by Gasteiger charge is -2.24. The minimum Gasteiger partial charge on any atom is -0.445 e. The van der Waals surface area contributed by atoms with Gasteiger partial charge in [0.05, 0.1) is 6.20 Å². The summed E-state index contributed by atoms with van der Waals surface area (Å²) in [5, 5.41) is 3.11. The van der Waals surface area contributed by atoms with Crippen LogP contribution in [-0.2, 0) is 6.42 Å². The van der Waals surface area contributed by atoms with E-state index in [-0.39, 0.29) is 0 Å². The molecule has 0 bridgehead atoms. The molecule has 1 fully saturated rings. The number of nitrogens with one attached hydrogen (secondary N) is 1. The summed E-state index contributed by atoms with van der Waals surface area (Å²) in [5.41, 5.74) is 0.375. The summed E-state index contributed by atoms with van der Waals surface area (Å²) >= 11 is 0. The predicted octanol–water partition coefficient (Wildman–Crippen LogP) is 2.73. The van der Waals surface area contributed by atoms with Crippen molar-refractivity contribution in [1.29, 1.82) is 0 Å². The van der Waals surface area contributed by atoms with Gasteiger partial charge in [-0.25, -0.2) is 4.98 Å². The fraction of sp³-hybridized carbons (Fsp3) is 0.769. The molecule has 1 aliphatic rings. The molecule has 1 N–H and O–H groups in total. The van der Waals surface area contributed by atoms with Crippen molar-refractivity contribution in [3.63, 3.8) is 0 Å². The molecule has 0 aromatic carbocycles. The molecule has 1 atom stereocenters. The van der Waals surface area contributed by atoms with Gasteiger partial charge in [0.25, 0.3) is 0 Å². The normalized spacial score (nSPS) is 23.8. The topological polar surface area (TPSA) is 38.1 Å². The van der Waals surface area contributed by atoms with E-state index in [1.165, 1.54) is 19.3 Å². The molecule has 0 radical (unpaired) electrons. The second-order valence-corrected chi connectivity index (χ2v) is 5.44. The van der Waals surface area contributed by atoms with Crippen LogP contribution in [0, 0.1) is 5.41 Å². The average Bonchev–Trinajstić information content (AvgIpc) is 2.81. The molecule has 0 spiro atoms. The van der Waals surface area contributed by atoms with E-state index >= 15 is 0 Å². The largest absolute Gasteiger partial charge is 0.445 e. The Kier molecular flexibility index (Phi) is 3.33. The molecular weight excluding hydrogens is 200 g/mol. The van der Waals surface area contributed by atoms with Crippen LogP contribution in [0.1, 0.15) is 50.7 Å². The molecule has 0 aliphatic heterocycles. The van der Waals surface area contributed by atoms with Crippen LogP contribution in [0.3, 0.4) is 0 Å². The lowest BCUT2D eigenvalue weighted by molar-refractivity contribution is 0.287. The van der Waals surface area contributed by atoms with E-state index in [1.807, 2.05) is 13.2 Å². The molecule has 0 saturated heterocycles. The van der Waals surface area contributed by atoms with Crippen LogP contribution >= 0.6 is 0 Å². The van der Waals surface area contributed by atoms with Crippen LogP contribution in [0.25, 0.3) is 0 Å². The molecule has 1 aromatic heterocycles. The number of likely N-dealkylation sites (N-methyl/N-ethyl adjacent to an activating group) is 1. The van der Waals surface area contributed by atoms with Crippen molar-refractivity contribution in [3.05, 3.63) is 17.8 Å². The first-order chi connectivity index (χ1) is 7.63. The van der Waals surface area contributed by atoms with E-state index in [1.54, 1.807) is 0 Å². The van der Waals surface area contributed by atoms with E-state index in [2.05, 4.69) is 24.1 Å². The number of hydrogen-bond donors (Lipinski definition) is 1. The van der Waals surface area contributed by atoms with Crippen molar-refractivity contribution in [2.45, 2.75) is 45.4 Å². The molecule has 3 heteroatoms. The first-order valence-corrected chi connectivity index (χ1v) is 6.22. The second kappa shape index (κ2) is 4.58. The predicted molar refractivity (Wildman–Crippen MR) is 64.5 cm³/mol. The zero-order chi connectivity index (χ0) is 11.6. The van der Waals surface area contributed by atoms with Crippen molar-refractivity contribution in [1.82, 2.24) is 10.3 Å². The maximum atomic E-state index is 5.85. The van der Waals surface area contributed by atoms with Crippen molar-refractivity contribution in [2.24, 2.45) is 5.41 Å². The zero-order valence-corrected chi connectivity index (χ0v) is 10.5. The van der Waals surface area contributed by atoms with Gasteiger partial charge in [0.2, 0.25) is 0 Å². The van der Waals surface area contributed by atoms with Crippen LogP contribution < -0.4 is 5.32 Å². The molecule has 16 heavy (non-hydrogen) atoms. The van der Waals surface area contributed by atoms with E-state index in [0.29, 0.717) is 11.3 Å². The molecule has 2 rings (SSSR count). The van der Waals surface area contributed by atoms with Gasteiger partial charge >= 0.3 is 0 Å². The van der Waals surface area contributed by atoms with E-state index < -0.39 is 0 Å². The third-order valence-corrected chi connectivity index (χ3v) is 3.76. The van der Waals surface area contributed by atoms with Crippen molar-refractivity contribution >= 4 is 0 Å². The Morgan fingerprint density at radius 3 is 3.00 bits per heavy atom. The number of nitrogens with zero attached hydrogens (tertiary/aromatic N) is 1. The average molecular weight is 222 g/mol. The van der Waals surface area contributed by atoms with Crippen LogP contribution in [0.5, 0.6) is 0 Å². The van der Waals surface area contributed by atoms with Crippen molar-refractivity contribution < 1.29 is 4.42 Å². The van der Waals surface area contributed by atoms with Gasteiger partial charge in [0, 0.05) is 18.9 Å². The molecule has 3 nitrogen and oxygen atoms in total. The van der Waals surface area contributed by atoms with E-state index in [4.69, 9.17) is 4.42 Å². The van der Waals surface area contributed by atoms with E-state index in [0.717, 1.165) is 24.6 Å². The molecule has 1 unspecified atom stereocenters. The minimum absolute atomic E-state index is 0.375. The maximum Gasteiger partial charge on any atom is 0.195 e. The molecule has 1 aliphatic carbocycles. The summed E-state index contributed by atoms with van der Waals surface area (Å²) in [6, 6.07) is 0. The minimum atomic E-state index is 0.375. The highest BCUT2D eigenvalue weighted by molar-refractivity contribution is 5.09. The second-order valence-electron chi connectivity index (χ2n) is 5.44. The Morgan fingerprint density at radius 1 is 1.56 bits per heavy atom. The standard InChI is InChI=1S/C13H22N2O/c1-13(2)7-4-5-10(13)11-9-15-12(16-11)6-8-14-3/h9-10,14H,4-8H2,1-3H3. The van der Waals surface area contributed by atoms with Gasteiger partial charge in [0.1, 0.15) is 5.76 Å². The van der Waals surface area contributed by atoms with Gasteiger partial charge in [-0.1, -0.05) is 20.3 Å².